The van der Waals surface area contributed by atoms with Gasteiger partial charge >= 0.3 is 6.09 Å². The van der Waals surface area contributed by atoms with E-state index in [2.05, 4.69) is 53.6 Å². The number of piperidine rings is 1. The normalized spacial score (nSPS) is 18.8. The van der Waals surface area contributed by atoms with E-state index >= 15 is 0 Å². The molecule has 142 valence electrons. The number of carboxylic acid groups (broad SMARTS) is 1. The van der Waals surface area contributed by atoms with Crippen LogP contribution in [0.5, 0.6) is 0 Å². The van der Waals surface area contributed by atoms with Gasteiger partial charge in [-0.1, -0.05) is 23.9 Å². The summed E-state index contributed by atoms with van der Waals surface area (Å²) in [6, 6.07) is 15.3. The number of anilines is 2. The van der Waals surface area contributed by atoms with E-state index in [1.54, 1.807) is 16.7 Å². The Labute approximate surface area is 168 Å². The fraction of sp³-hybridized carbons (Fsp3) is 0.381. The Kier molecular flexibility index (Phi) is 5.55. The molecule has 0 bridgehead atoms. The van der Waals surface area contributed by atoms with E-state index in [1.165, 1.54) is 26.1 Å². The monoisotopic (exact) mass is 400 g/mol. The van der Waals surface area contributed by atoms with Gasteiger partial charge in [0.25, 0.3) is 0 Å². The van der Waals surface area contributed by atoms with Gasteiger partial charge in [-0.25, -0.2) is 4.79 Å². The second kappa shape index (κ2) is 8.07. The molecule has 1 N–H and O–H groups in total. The van der Waals surface area contributed by atoms with Crippen molar-refractivity contribution < 1.29 is 9.90 Å². The van der Waals surface area contributed by atoms with E-state index in [9.17, 15) is 9.90 Å². The fourth-order valence-corrected chi connectivity index (χ4v) is 5.52. The molecular weight excluding hydrogens is 376 g/mol. The highest BCUT2D eigenvalue weighted by atomic mass is 32.2. The number of benzene rings is 2. The molecule has 1 unspecified atom stereocenters. The molecule has 2 aliphatic heterocycles. The van der Waals surface area contributed by atoms with Crippen LogP contribution in [0.1, 0.15) is 25.7 Å². The zero-order valence-electron chi connectivity index (χ0n) is 15.4. The number of fused-ring (bicyclic) bond motifs is 2. The summed E-state index contributed by atoms with van der Waals surface area (Å²) in [5, 5.41) is 9.54. The molecule has 0 aromatic heterocycles. The summed E-state index contributed by atoms with van der Waals surface area (Å²) in [6.07, 6.45) is 5.24. The molecule has 2 aromatic rings. The maximum atomic E-state index is 11.6. The molecule has 1 atom stereocenters. The number of carbonyl (C=O) groups is 1. The number of hydrogen-bond donors (Lipinski definition) is 1. The maximum Gasteiger partial charge on any atom is 0.407 e. The zero-order valence-corrected chi connectivity index (χ0v) is 17.1. The van der Waals surface area contributed by atoms with Crippen LogP contribution in [-0.2, 0) is 0 Å². The average Bonchev–Trinajstić information content (AvgIpc) is 2.71. The lowest BCUT2D eigenvalue weighted by atomic mass is 9.99. The second-order valence-electron chi connectivity index (χ2n) is 6.97. The van der Waals surface area contributed by atoms with Crippen LogP contribution < -0.4 is 4.90 Å². The second-order valence-corrected chi connectivity index (χ2v) is 8.93. The summed E-state index contributed by atoms with van der Waals surface area (Å²) >= 11 is 3.57. The molecule has 0 saturated carbocycles. The minimum Gasteiger partial charge on any atom is -0.465 e. The lowest BCUT2D eigenvalue weighted by Gasteiger charge is -2.37. The van der Waals surface area contributed by atoms with Gasteiger partial charge in [-0.05, 0) is 62.3 Å². The van der Waals surface area contributed by atoms with Gasteiger partial charge < -0.3 is 14.9 Å². The largest absolute Gasteiger partial charge is 0.465 e. The third-order valence-electron chi connectivity index (χ3n) is 5.39. The number of rotatable bonds is 4. The van der Waals surface area contributed by atoms with Crippen molar-refractivity contribution in [3.05, 3.63) is 42.5 Å². The van der Waals surface area contributed by atoms with Crippen LogP contribution in [0.4, 0.5) is 16.2 Å². The van der Waals surface area contributed by atoms with Crippen molar-refractivity contribution in [2.24, 2.45) is 0 Å². The quantitative estimate of drug-likeness (QED) is 0.644. The predicted molar refractivity (Wildman–Crippen MR) is 113 cm³/mol. The first kappa shape index (κ1) is 18.6. The van der Waals surface area contributed by atoms with Crippen molar-refractivity contribution in [1.82, 2.24) is 4.90 Å². The molecule has 2 heterocycles. The molecule has 1 fully saturated rings. The van der Waals surface area contributed by atoms with E-state index in [0.717, 1.165) is 32.2 Å². The SMILES string of the molecule is CSc1ccc2c(c1)N(CCC1CCCCN1C(=O)O)c1ccccc1S2. The average molecular weight is 401 g/mol. The van der Waals surface area contributed by atoms with Crippen molar-refractivity contribution >= 4 is 41.0 Å². The van der Waals surface area contributed by atoms with Gasteiger partial charge in [0.1, 0.15) is 0 Å². The molecule has 27 heavy (non-hydrogen) atoms. The lowest BCUT2D eigenvalue weighted by Crippen LogP contribution is -2.44. The highest BCUT2D eigenvalue weighted by Crippen LogP contribution is 2.49. The summed E-state index contributed by atoms with van der Waals surface area (Å²) in [7, 11) is 0. The fourth-order valence-electron chi connectivity index (χ4n) is 4.01. The smallest absolute Gasteiger partial charge is 0.407 e. The van der Waals surface area contributed by atoms with Crippen LogP contribution >= 0.6 is 23.5 Å². The summed E-state index contributed by atoms with van der Waals surface area (Å²) in [5.74, 6) is 0. The molecule has 2 aliphatic rings. The van der Waals surface area contributed by atoms with Gasteiger partial charge in [0.15, 0.2) is 0 Å². The highest BCUT2D eigenvalue weighted by molar-refractivity contribution is 8.00. The Bertz CT molecular complexity index is 843. The molecule has 0 aliphatic carbocycles. The van der Waals surface area contributed by atoms with E-state index in [0.29, 0.717) is 6.54 Å². The van der Waals surface area contributed by atoms with Crippen molar-refractivity contribution in [3.63, 3.8) is 0 Å². The van der Waals surface area contributed by atoms with Gasteiger partial charge in [-0.15, -0.1) is 11.8 Å². The van der Waals surface area contributed by atoms with E-state index in [-0.39, 0.29) is 6.04 Å². The first-order valence-corrected chi connectivity index (χ1v) is 11.4. The maximum absolute atomic E-state index is 11.6. The Morgan fingerprint density at radius 1 is 1.19 bits per heavy atom. The molecule has 0 radical (unpaired) electrons. The predicted octanol–water partition coefficient (Wildman–Crippen LogP) is 5.93. The van der Waals surface area contributed by atoms with Crippen LogP contribution in [0.25, 0.3) is 0 Å². The van der Waals surface area contributed by atoms with Crippen LogP contribution in [0.2, 0.25) is 0 Å². The third kappa shape index (κ3) is 3.78. The zero-order chi connectivity index (χ0) is 18.8. The van der Waals surface area contributed by atoms with Crippen LogP contribution in [-0.4, -0.2) is 41.5 Å². The van der Waals surface area contributed by atoms with Gasteiger partial charge in [-0.3, -0.25) is 0 Å². The van der Waals surface area contributed by atoms with Crippen molar-refractivity contribution in [2.45, 2.75) is 46.4 Å². The minimum atomic E-state index is -0.778. The van der Waals surface area contributed by atoms with E-state index in [4.69, 9.17) is 0 Å². The minimum absolute atomic E-state index is 0.116. The number of para-hydroxylation sites is 1. The first-order chi connectivity index (χ1) is 13.2. The van der Waals surface area contributed by atoms with E-state index < -0.39 is 6.09 Å². The molecule has 2 aromatic carbocycles. The highest BCUT2D eigenvalue weighted by Gasteiger charge is 2.29. The van der Waals surface area contributed by atoms with Crippen molar-refractivity contribution in [3.8, 4) is 0 Å². The Morgan fingerprint density at radius 3 is 2.81 bits per heavy atom. The Balaban J connectivity index is 1.62. The van der Waals surface area contributed by atoms with Gasteiger partial charge in [0, 0.05) is 33.8 Å². The van der Waals surface area contributed by atoms with Gasteiger partial charge in [-0.2, -0.15) is 0 Å². The summed E-state index contributed by atoms with van der Waals surface area (Å²) in [5.41, 5.74) is 2.47. The number of likely N-dealkylation sites (tertiary alicyclic amines) is 1. The Morgan fingerprint density at radius 2 is 2.00 bits per heavy atom. The summed E-state index contributed by atoms with van der Waals surface area (Å²) in [6.45, 7) is 1.50. The molecule has 6 heteroatoms. The van der Waals surface area contributed by atoms with Crippen molar-refractivity contribution in [1.29, 1.82) is 0 Å². The standard InChI is InChI=1S/C21H24N2O2S2/c1-26-16-9-10-20-18(14-16)23(17-7-2-3-8-19(17)27-20)13-11-15-6-4-5-12-22(15)21(24)25/h2-3,7-10,14-15H,4-6,11-13H2,1H3,(H,24,25). The number of nitrogens with zero attached hydrogens (tertiary/aromatic N) is 2. The molecular formula is C21H24N2O2S2. The Hall–Kier alpha value is -1.79. The third-order valence-corrected chi connectivity index (χ3v) is 7.25. The molecule has 1 amide bonds. The lowest BCUT2D eigenvalue weighted by molar-refractivity contribution is 0.104. The summed E-state index contributed by atoms with van der Waals surface area (Å²) in [4.78, 5) is 19.4. The molecule has 0 spiro atoms. The van der Waals surface area contributed by atoms with Gasteiger partial charge in [0.05, 0.1) is 11.4 Å². The van der Waals surface area contributed by atoms with Crippen molar-refractivity contribution in [2.75, 3.05) is 24.2 Å². The van der Waals surface area contributed by atoms with Crippen LogP contribution in [0.15, 0.2) is 57.2 Å². The van der Waals surface area contributed by atoms with Crippen LogP contribution in [0, 0.1) is 0 Å². The van der Waals surface area contributed by atoms with Gasteiger partial charge in [0.2, 0.25) is 0 Å². The summed E-state index contributed by atoms with van der Waals surface area (Å²) < 4.78 is 0. The van der Waals surface area contributed by atoms with Crippen LogP contribution in [0.3, 0.4) is 0 Å². The number of amides is 1. The molecule has 4 nitrogen and oxygen atoms in total. The van der Waals surface area contributed by atoms with E-state index in [1.807, 2.05) is 11.8 Å². The molecule has 1 saturated heterocycles. The first-order valence-electron chi connectivity index (χ1n) is 9.39. The molecule has 4 rings (SSSR count). The number of hydrogen-bond acceptors (Lipinski definition) is 4. The topological polar surface area (TPSA) is 43.8 Å². The number of thioether (sulfide) groups is 1.